The molecule has 1 saturated heterocycles. The highest BCUT2D eigenvalue weighted by Crippen LogP contribution is 2.38. The van der Waals surface area contributed by atoms with E-state index in [4.69, 9.17) is 9.72 Å². The van der Waals surface area contributed by atoms with E-state index in [0.717, 1.165) is 32.7 Å². The Labute approximate surface area is 131 Å². The van der Waals surface area contributed by atoms with Crippen molar-refractivity contribution in [2.45, 2.75) is 58.1 Å². The molecule has 1 N–H and O–H groups in total. The summed E-state index contributed by atoms with van der Waals surface area (Å²) in [6, 6.07) is 0.522. The molecule has 5 heteroatoms. The van der Waals surface area contributed by atoms with Crippen molar-refractivity contribution in [3.8, 4) is 0 Å². The minimum Gasteiger partial charge on any atom is -0.372 e. The van der Waals surface area contributed by atoms with Crippen LogP contribution < -0.4 is 10.2 Å². The van der Waals surface area contributed by atoms with E-state index in [1.165, 1.54) is 35.0 Å². The van der Waals surface area contributed by atoms with Crippen LogP contribution in [0.3, 0.4) is 0 Å². The van der Waals surface area contributed by atoms with Crippen LogP contribution in [0.15, 0.2) is 0 Å². The third-order valence-electron chi connectivity index (χ3n) is 4.28. The van der Waals surface area contributed by atoms with E-state index in [1.54, 1.807) is 0 Å². The summed E-state index contributed by atoms with van der Waals surface area (Å²) in [4.78, 5) is 8.83. The molecule has 0 aromatic carbocycles. The van der Waals surface area contributed by atoms with Crippen LogP contribution in [-0.4, -0.2) is 36.8 Å². The van der Waals surface area contributed by atoms with Crippen LogP contribution in [0, 0.1) is 0 Å². The van der Waals surface area contributed by atoms with Gasteiger partial charge in [0.1, 0.15) is 0 Å². The average Bonchev–Trinajstić information content (AvgIpc) is 2.88. The fraction of sp³-hybridized carbons (Fsp3) is 0.812. The fourth-order valence-corrected chi connectivity index (χ4v) is 4.48. The molecule has 1 aliphatic heterocycles. The second kappa shape index (κ2) is 6.23. The van der Waals surface area contributed by atoms with Gasteiger partial charge in [0.2, 0.25) is 0 Å². The molecule has 21 heavy (non-hydrogen) atoms. The summed E-state index contributed by atoms with van der Waals surface area (Å²) in [5.41, 5.74) is 1.27. The summed E-state index contributed by atoms with van der Waals surface area (Å²) in [6.45, 7) is 10.4. The Morgan fingerprint density at radius 1 is 1.48 bits per heavy atom. The van der Waals surface area contributed by atoms with Gasteiger partial charge in [0.15, 0.2) is 5.13 Å². The van der Waals surface area contributed by atoms with E-state index in [2.05, 4.69) is 31.0 Å². The number of ether oxygens (including phenoxy) is 1. The van der Waals surface area contributed by atoms with Gasteiger partial charge >= 0.3 is 0 Å². The number of fused-ring (bicyclic) bond motifs is 1. The van der Waals surface area contributed by atoms with Crippen LogP contribution >= 0.6 is 11.3 Å². The van der Waals surface area contributed by atoms with Crippen LogP contribution in [0.4, 0.5) is 5.13 Å². The number of hydrogen-bond acceptors (Lipinski definition) is 5. The molecule has 1 aliphatic carbocycles. The van der Waals surface area contributed by atoms with Crippen molar-refractivity contribution in [1.82, 2.24) is 10.3 Å². The van der Waals surface area contributed by atoms with E-state index >= 15 is 0 Å². The van der Waals surface area contributed by atoms with Gasteiger partial charge in [-0.2, -0.15) is 0 Å². The van der Waals surface area contributed by atoms with Crippen molar-refractivity contribution in [3.63, 3.8) is 0 Å². The maximum absolute atomic E-state index is 5.82. The molecule has 1 aromatic heterocycles. The monoisotopic (exact) mass is 309 g/mol. The molecule has 0 spiro atoms. The molecule has 0 amide bonds. The van der Waals surface area contributed by atoms with Crippen molar-refractivity contribution in [3.05, 3.63) is 10.6 Å². The minimum atomic E-state index is -0.0652. The topological polar surface area (TPSA) is 37.4 Å². The Morgan fingerprint density at radius 3 is 3.10 bits per heavy atom. The highest BCUT2D eigenvalue weighted by Gasteiger charge is 2.31. The molecule has 0 bridgehead atoms. The Morgan fingerprint density at radius 2 is 2.33 bits per heavy atom. The van der Waals surface area contributed by atoms with Gasteiger partial charge in [0.05, 0.1) is 17.9 Å². The zero-order valence-electron chi connectivity index (χ0n) is 13.4. The van der Waals surface area contributed by atoms with E-state index in [0.29, 0.717) is 6.04 Å². The normalized spacial score (nSPS) is 24.9. The van der Waals surface area contributed by atoms with Crippen molar-refractivity contribution in [2.24, 2.45) is 0 Å². The van der Waals surface area contributed by atoms with Gasteiger partial charge in [-0.25, -0.2) is 4.98 Å². The molecule has 1 unspecified atom stereocenters. The van der Waals surface area contributed by atoms with E-state index in [-0.39, 0.29) is 5.60 Å². The number of aryl methyl sites for hydroxylation is 1. The molecular weight excluding hydrogens is 282 g/mol. The first-order valence-electron chi connectivity index (χ1n) is 8.21. The number of nitrogens with zero attached hydrogens (tertiary/aromatic N) is 2. The lowest BCUT2D eigenvalue weighted by atomic mass is 9.98. The summed E-state index contributed by atoms with van der Waals surface area (Å²) < 4.78 is 5.82. The second-order valence-electron chi connectivity index (χ2n) is 6.74. The summed E-state index contributed by atoms with van der Waals surface area (Å²) in [7, 11) is 0. The first-order valence-corrected chi connectivity index (χ1v) is 9.02. The summed E-state index contributed by atoms with van der Waals surface area (Å²) in [5, 5.41) is 4.88. The smallest absolute Gasteiger partial charge is 0.186 e. The summed E-state index contributed by atoms with van der Waals surface area (Å²) in [6.07, 6.45) is 4.84. The molecule has 2 heterocycles. The summed E-state index contributed by atoms with van der Waals surface area (Å²) >= 11 is 1.90. The molecule has 2 aliphatic rings. The van der Waals surface area contributed by atoms with Gasteiger partial charge in [0.25, 0.3) is 0 Å². The third kappa shape index (κ3) is 3.41. The Balaban J connectivity index is 1.77. The van der Waals surface area contributed by atoms with E-state index in [1.807, 2.05) is 11.3 Å². The standard InChI is InChI=1S/C16H27N3OS/c1-4-8-17-12-6-5-7-13-14(12)21-15(18-13)19-9-10-20-16(2,3)11-19/h12,17H,4-11H2,1-3H3. The lowest BCUT2D eigenvalue weighted by molar-refractivity contribution is -0.0277. The molecule has 1 fully saturated rings. The number of thiazole rings is 1. The molecule has 1 aromatic rings. The molecule has 0 radical (unpaired) electrons. The number of rotatable bonds is 4. The van der Waals surface area contributed by atoms with Gasteiger partial charge < -0.3 is 15.0 Å². The minimum absolute atomic E-state index is 0.0652. The number of nitrogens with one attached hydrogen (secondary N) is 1. The van der Waals surface area contributed by atoms with Gasteiger partial charge in [-0.3, -0.25) is 0 Å². The predicted octanol–water partition coefficient (Wildman–Crippen LogP) is 3.14. The fourth-order valence-electron chi connectivity index (χ4n) is 3.24. The maximum atomic E-state index is 5.82. The zero-order valence-corrected chi connectivity index (χ0v) is 14.3. The Hall–Kier alpha value is -0.650. The van der Waals surface area contributed by atoms with Crippen molar-refractivity contribution >= 4 is 16.5 Å². The van der Waals surface area contributed by atoms with Gasteiger partial charge in [-0.05, 0) is 46.1 Å². The lowest BCUT2D eigenvalue weighted by Crippen LogP contribution is -2.48. The third-order valence-corrected chi connectivity index (χ3v) is 5.55. The highest BCUT2D eigenvalue weighted by atomic mass is 32.1. The predicted molar refractivity (Wildman–Crippen MR) is 88.3 cm³/mol. The van der Waals surface area contributed by atoms with Crippen molar-refractivity contribution in [2.75, 3.05) is 31.1 Å². The largest absolute Gasteiger partial charge is 0.372 e. The zero-order chi connectivity index (χ0) is 14.9. The molecule has 4 nitrogen and oxygen atoms in total. The first kappa shape index (κ1) is 15.3. The van der Waals surface area contributed by atoms with E-state index < -0.39 is 0 Å². The van der Waals surface area contributed by atoms with Gasteiger partial charge in [-0.15, -0.1) is 0 Å². The van der Waals surface area contributed by atoms with Gasteiger partial charge in [0, 0.05) is 24.0 Å². The number of hydrogen-bond donors (Lipinski definition) is 1. The molecular formula is C16H27N3OS. The molecule has 1 atom stereocenters. The Bertz CT molecular complexity index is 486. The number of aromatic nitrogens is 1. The quantitative estimate of drug-likeness (QED) is 0.927. The van der Waals surface area contributed by atoms with Crippen LogP contribution in [0.5, 0.6) is 0 Å². The van der Waals surface area contributed by atoms with Crippen LogP contribution in [0.2, 0.25) is 0 Å². The highest BCUT2D eigenvalue weighted by molar-refractivity contribution is 7.15. The van der Waals surface area contributed by atoms with Crippen molar-refractivity contribution < 1.29 is 4.74 Å². The van der Waals surface area contributed by atoms with E-state index in [9.17, 15) is 0 Å². The average molecular weight is 309 g/mol. The van der Waals surface area contributed by atoms with Gasteiger partial charge in [-0.1, -0.05) is 18.3 Å². The van der Waals surface area contributed by atoms with Crippen LogP contribution in [0.25, 0.3) is 0 Å². The maximum Gasteiger partial charge on any atom is 0.186 e. The first-order chi connectivity index (χ1) is 10.1. The van der Waals surface area contributed by atoms with Crippen LogP contribution in [0.1, 0.15) is 56.6 Å². The molecule has 3 rings (SSSR count). The lowest BCUT2D eigenvalue weighted by Gasteiger charge is -2.38. The number of anilines is 1. The second-order valence-corrected chi connectivity index (χ2v) is 7.75. The van der Waals surface area contributed by atoms with Crippen LogP contribution in [-0.2, 0) is 11.2 Å². The SMILES string of the molecule is CCCNC1CCCc2nc(N3CCOC(C)(C)C3)sc21. The molecule has 118 valence electrons. The number of morpholine rings is 1. The Kier molecular flexibility index (Phi) is 4.52. The van der Waals surface area contributed by atoms with Crippen molar-refractivity contribution in [1.29, 1.82) is 0 Å². The summed E-state index contributed by atoms with van der Waals surface area (Å²) in [5.74, 6) is 0. The molecule has 0 saturated carbocycles.